The molecule has 0 heterocycles. The average Bonchev–Trinajstić information content (AvgIpc) is 3.28. The van der Waals surface area contributed by atoms with Crippen LogP contribution in [0.15, 0.2) is 146 Å². The summed E-state index contributed by atoms with van der Waals surface area (Å²) in [4.78, 5) is 37.0. The first kappa shape index (κ1) is 61.2. The van der Waals surface area contributed by atoms with Gasteiger partial charge in [-0.2, -0.15) is 0 Å². The fourth-order valence-electron chi connectivity index (χ4n) is 6.20. The summed E-state index contributed by atoms with van der Waals surface area (Å²) >= 11 is 0. The second kappa shape index (κ2) is 46.7. The van der Waals surface area contributed by atoms with E-state index in [0.29, 0.717) is 12.8 Å². The predicted octanol–water partition coefficient (Wildman–Crippen LogP) is 13.2. The van der Waals surface area contributed by atoms with Gasteiger partial charge in [0.2, 0.25) is 0 Å². The van der Waals surface area contributed by atoms with Crippen LogP contribution in [0.3, 0.4) is 0 Å². The summed E-state index contributed by atoms with van der Waals surface area (Å²) in [6.07, 6.45) is 68.8. The molecular formula is C58H89NO7. The molecule has 0 N–H and O–H groups in total. The predicted molar refractivity (Wildman–Crippen MR) is 276 cm³/mol. The minimum absolute atomic E-state index is 0.00283. The maximum absolute atomic E-state index is 12.8. The van der Waals surface area contributed by atoms with Gasteiger partial charge in [0.1, 0.15) is 12.6 Å². The number of likely N-dealkylation sites (N-methyl/N-ethyl adjacent to an activating group) is 1. The first-order valence-electron chi connectivity index (χ1n) is 24.9. The molecule has 0 aromatic rings. The summed E-state index contributed by atoms with van der Waals surface area (Å²) in [6.45, 7) is 4.31. The van der Waals surface area contributed by atoms with Crippen LogP contribution in [-0.4, -0.2) is 75.5 Å². The van der Waals surface area contributed by atoms with Crippen molar-refractivity contribution in [2.24, 2.45) is 0 Å². The molecule has 0 aliphatic rings. The van der Waals surface area contributed by atoms with Crippen LogP contribution in [0.5, 0.6) is 0 Å². The normalized spacial score (nSPS) is 14.1. The number of carboxylic acids is 1. The molecule has 0 rings (SSSR count). The van der Waals surface area contributed by atoms with Gasteiger partial charge in [0.15, 0.2) is 6.10 Å². The first-order valence-corrected chi connectivity index (χ1v) is 24.9. The van der Waals surface area contributed by atoms with Crippen molar-refractivity contribution in [3.05, 3.63) is 146 Å². The molecule has 8 nitrogen and oxygen atoms in total. The van der Waals surface area contributed by atoms with Gasteiger partial charge in [-0.05, 0) is 109 Å². The van der Waals surface area contributed by atoms with E-state index in [1.165, 1.54) is 0 Å². The number of esters is 2. The SMILES string of the molecule is CC/C=C/C/C=C/C/C=C/C/C=C/C/C=C/C/C=C/CCCCCC(=O)OC(COCCC(C(=O)[O-])[N+](C)(C)C)COC(=O)CCC/C=C/C/C=C/C/C=C/C/C=C/C/C=C/C/C=C/CC. The number of allylic oxidation sites excluding steroid dienone is 24. The second-order valence-corrected chi connectivity index (χ2v) is 16.9. The third kappa shape index (κ3) is 44.4. The van der Waals surface area contributed by atoms with Crippen LogP contribution < -0.4 is 5.11 Å². The third-order valence-electron chi connectivity index (χ3n) is 9.97. The van der Waals surface area contributed by atoms with E-state index in [1.807, 2.05) is 0 Å². The Kier molecular flexibility index (Phi) is 43.3. The van der Waals surface area contributed by atoms with Gasteiger partial charge in [-0.25, -0.2) is 0 Å². The number of quaternary nitrogens is 1. The standard InChI is InChI=1S/C58H89NO7/c1-6-8-10-12-14-16-18-20-22-24-26-28-29-31-33-35-37-39-41-43-45-47-49-57(61)66-54(52-64-51-50-55(58(62)63)59(3,4)5)53-65-56(60)48-46-44-42-40-38-36-34-32-30-27-25-23-21-19-17-15-13-11-9-7-2/h8-11,14-17,20-23,26-28,30-31,33-34,36-37,39-40,42,54-55H,6-7,12-13,18-19,24-25,29,32,35,38,41,43-53H2,1-5H3/b10-8+,11-9+,16-14+,17-15+,22-20+,23-21+,28-26+,30-27+,33-31+,36-34+,39-37+,42-40+. The number of carboxylic acid groups (broad SMARTS) is 1. The number of hydrogen-bond donors (Lipinski definition) is 0. The van der Waals surface area contributed by atoms with Crippen molar-refractivity contribution < 1.29 is 38.2 Å². The van der Waals surface area contributed by atoms with Gasteiger partial charge in [-0.1, -0.05) is 166 Å². The van der Waals surface area contributed by atoms with E-state index in [4.69, 9.17) is 14.2 Å². The number of unbranched alkanes of at least 4 members (excludes halogenated alkanes) is 4. The highest BCUT2D eigenvalue weighted by Crippen LogP contribution is 2.11. The molecule has 0 aliphatic heterocycles. The highest BCUT2D eigenvalue weighted by atomic mass is 16.6. The third-order valence-corrected chi connectivity index (χ3v) is 9.97. The van der Waals surface area contributed by atoms with Crippen molar-refractivity contribution in [2.45, 2.75) is 161 Å². The van der Waals surface area contributed by atoms with Crippen molar-refractivity contribution in [1.29, 1.82) is 0 Å². The molecule has 0 bridgehead atoms. The Hall–Kier alpha value is -4.79. The molecule has 0 saturated heterocycles. The van der Waals surface area contributed by atoms with Crippen molar-refractivity contribution in [3.63, 3.8) is 0 Å². The number of nitrogens with zero attached hydrogens (tertiary/aromatic N) is 1. The monoisotopic (exact) mass is 912 g/mol. The molecule has 2 atom stereocenters. The quantitative estimate of drug-likeness (QED) is 0.0260. The Balaban J connectivity index is 4.48. The summed E-state index contributed by atoms with van der Waals surface area (Å²) in [5, 5.41) is 11.7. The highest BCUT2D eigenvalue weighted by molar-refractivity contribution is 5.70. The minimum Gasteiger partial charge on any atom is -0.544 e. The molecule has 0 saturated carbocycles. The van der Waals surface area contributed by atoms with Crippen molar-refractivity contribution in [1.82, 2.24) is 0 Å². The van der Waals surface area contributed by atoms with Crippen LogP contribution in [0.4, 0.5) is 0 Å². The Bertz CT molecular complexity index is 1580. The lowest BCUT2D eigenvalue weighted by Gasteiger charge is -2.34. The summed E-state index contributed by atoms with van der Waals surface area (Å²) in [6, 6.07) is -0.752. The van der Waals surface area contributed by atoms with Crippen LogP contribution in [-0.2, 0) is 28.6 Å². The maximum atomic E-state index is 12.8. The largest absolute Gasteiger partial charge is 0.544 e. The zero-order valence-electron chi connectivity index (χ0n) is 41.8. The maximum Gasteiger partial charge on any atom is 0.306 e. The zero-order chi connectivity index (χ0) is 48.4. The van der Waals surface area contributed by atoms with Gasteiger partial charge < -0.3 is 28.6 Å². The van der Waals surface area contributed by atoms with Crippen molar-refractivity contribution in [2.75, 3.05) is 41.0 Å². The zero-order valence-corrected chi connectivity index (χ0v) is 41.8. The molecule has 8 heteroatoms. The van der Waals surface area contributed by atoms with Gasteiger partial charge >= 0.3 is 11.9 Å². The lowest BCUT2D eigenvalue weighted by molar-refractivity contribution is -0.889. The van der Waals surface area contributed by atoms with Crippen molar-refractivity contribution >= 4 is 17.9 Å². The smallest absolute Gasteiger partial charge is 0.306 e. The van der Waals surface area contributed by atoms with Gasteiger partial charge in [0, 0.05) is 19.3 Å². The molecule has 0 amide bonds. The Labute approximate surface area is 402 Å². The summed E-state index contributed by atoms with van der Waals surface area (Å²) in [5.74, 6) is -1.88. The van der Waals surface area contributed by atoms with E-state index in [-0.39, 0.29) is 55.5 Å². The van der Waals surface area contributed by atoms with Crippen LogP contribution in [0, 0.1) is 0 Å². The summed E-state index contributed by atoms with van der Waals surface area (Å²) in [5.41, 5.74) is 0. The van der Waals surface area contributed by atoms with Crippen molar-refractivity contribution in [3.8, 4) is 0 Å². The van der Waals surface area contributed by atoms with Gasteiger partial charge in [0.05, 0.1) is 40.3 Å². The molecule has 0 aromatic heterocycles. The molecule has 0 fully saturated rings. The average molecular weight is 912 g/mol. The molecule has 368 valence electrons. The van der Waals surface area contributed by atoms with E-state index in [1.54, 1.807) is 21.1 Å². The van der Waals surface area contributed by atoms with E-state index in [2.05, 4.69) is 160 Å². The van der Waals surface area contributed by atoms with E-state index >= 15 is 0 Å². The number of hydrogen-bond acceptors (Lipinski definition) is 7. The number of carbonyl (C=O) groups is 3. The lowest BCUT2D eigenvalue weighted by Crippen LogP contribution is -2.55. The van der Waals surface area contributed by atoms with E-state index < -0.39 is 18.1 Å². The minimum atomic E-state index is -1.15. The second-order valence-electron chi connectivity index (χ2n) is 16.9. The van der Waals surface area contributed by atoms with Gasteiger partial charge in [0.25, 0.3) is 0 Å². The highest BCUT2D eigenvalue weighted by Gasteiger charge is 2.25. The Morgan fingerprint density at radius 2 is 0.818 bits per heavy atom. The number of rotatable bonds is 42. The number of ether oxygens (including phenoxy) is 3. The van der Waals surface area contributed by atoms with E-state index in [0.717, 1.165) is 103 Å². The molecule has 0 aromatic carbocycles. The molecule has 0 aliphatic carbocycles. The van der Waals surface area contributed by atoms with Crippen LogP contribution in [0.25, 0.3) is 0 Å². The molecule has 0 spiro atoms. The van der Waals surface area contributed by atoms with Crippen LogP contribution in [0.2, 0.25) is 0 Å². The fourth-order valence-corrected chi connectivity index (χ4v) is 6.20. The van der Waals surface area contributed by atoms with Crippen LogP contribution in [0.1, 0.15) is 149 Å². The lowest BCUT2D eigenvalue weighted by atomic mass is 10.1. The first-order chi connectivity index (χ1) is 32.1. The summed E-state index contributed by atoms with van der Waals surface area (Å²) in [7, 11) is 5.36. The molecular weight excluding hydrogens is 823 g/mol. The molecule has 66 heavy (non-hydrogen) atoms. The molecule has 0 radical (unpaired) electrons. The van der Waals surface area contributed by atoms with Gasteiger partial charge in [-0.15, -0.1) is 0 Å². The summed E-state index contributed by atoms with van der Waals surface area (Å²) < 4.78 is 17.1. The topological polar surface area (TPSA) is 102 Å². The molecule has 2 unspecified atom stereocenters. The Morgan fingerprint density at radius 3 is 1.20 bits per heavy atom. The Morgan fingerprint density at radius 1 is 0.455 bits per heavy atom. The fraction of sp³-hybridized carbons (Fsp3) is 0.534. The van der Waals surface area contributed by atoms with E-state index in [9.17, 15) is 19.5 Å². The number of carbonyl (C=O) groups excluding carboxylic acids is 3. The van der Waals surface area contributed by atoms with Crippen LogP contribution >= 0.6 is 0 Å². The number of aliphatic carboxylic acids is 1. The van der Waals surface area contributed by atoms with Gasteiger partial charge in [-0.3, -0.25) is 9.59 Å².